The first-order chi connectivity index (χ1) is 9.54. The maximum atomic E-state index is 5.75. The van der Waals surface area contributed by atoms with E-state index in [2.05, 4.69) is 23.6 Å². The summed E-state index contributed by atoms with van der Waals surface area (Å²) in [6.45, 7) is 8.94. The van der Waals surface area contributed by atoms with Crippen LogP contribution in [0.3, 0.4) is 0 Å². The third kappa shape index (κ3) is 1.68. The highest BCUT2D eigenvalue weighted by Gasteiger charge is 2.57. The first-order valence-electron chi connectivity index (χ1n) is 8.59. The van der Waals surface area contributed by atoms with Crippen LogP contribution in [0.1, 0.15) is 58.8 Å². The largest absolute Gasteiger partial charge is 0.360 e. The molecule has 4 heterocycles. The Morgan fingerprint density at radius 2 is 1.75 bits per heavy atom. The lowest BCUT2D eigenvalue weighted by atomic mass is 9.60. The van der Waals surface area contributed by atoms with Gasteiger partial charge in [-0.3, -0.25) is 4.90 Å². The van der Waals surface area contributed by atoms with E-state index >= 15 is 0 Å². The van der Waals surface area contributed by atoms with Gasteiger partial charge in [0.25, 0.3) is 0 Å². The van der Waals surface area contributed by atoms with Crippen molar-refractivity contribution in [2.24, 2.45) is 11.8 Å². The van der Waals surface area contributed by atoms with Crippen LogP contribution in [0.25, 0.3) is 0 Å². The standard InChI is InChI=1S/C17H28N2S/c1-16-7-3-4-9-18(16)11-13-10-14(16)12-19-15(20)6-5-8-17(13,19)2/h13-14H,3-12H2,1-2H3/t13-,14-,16-,17+/m0/s1. The maximum Gasteiger partial charge on any atom is 0.0784 e. The molecule has 0 aromatic rings. The zero-order valence-corrected chi connectivity index (χ0v) is 13.8. The predicted molar refractivity (Wildman–Crippen MR) is 87.0 cm³/mol. The fourth-order valence-electron chi connectivity index (χ4n) is 5.73. The van der Waals surface area contributed by atoms with E-state index in [1.165, 1.54) is 63.1 Å². The van der Waals surface area contributed by atoms with Crippen molar-refractivity contribution in [3.05, 3.63) is 0 Å². The van der Waals surface area contributed by atoms with E-state index in [0.717, 1.165) is 18.3 Å². The van der Waals surface area contributed by atoms with Crippen LogP contribution < -0.4 is 0 Å². The smallest absolute Gasteiger partial charge is 0.0784 e. The van der Waals surface area contributed by atoms with Gasteiger partial charge in [0.1, 0.15) is 0 Å². The van der Waals surface area contributed by atoms with Gasteiger partial charge in [-0.1, -0.05) is 18.6 Å². The van der Waals surface area contributed by atoms with Crippen LogP contribution in [-0.2, 0) is 0 Å². The van der Waals surface area contributed by atoms with Gasteiger partial charge in [-0.15, -0.1) is 0 Å². The van der Waals surface area contributed by atoms with Crippen molar-refractivity contribution in [3.8, 4) is 0 Å². The summed E-state index contributed by atoms with van der Waals surface area (Å²) in [5.74, 6) is 1.68. The minimum Gasteiger partial charge on any atom is -0.360 e. The van der Waals surface area contributed by atoms with Gasteiger partial charge in [0.05, 0.1) is 4.99 Å². The molecular weight excluding hydrogens is 264 g/mol. The zero-order valence-electron chi connectivity index (χ0n) is 13.0. The molecule has 4 rings (SSSR count). The summed E-state index contributed by atoms with van der Waals surface area (Å²) in [7, 11) is 0. The predicted octanol–water partition coefficient (Wildman–Crippen LogP) is 3.45. The van der Waals surface area contributed by atoms with Gasteiger partial charge in [0.15, 0.2) is 0 Å². The van der Waals surface area contributed by atoms with Crippen molar-refractivity contribution in [2.75, 3.05) is 19.6 Å². The molecular formula is C17H28N2S. The topological polar surface area (TPSA) is 6.48 Å². The Morgan fingerprint density at radius 3 is 2.60 bits per heavy atom. The molecule has 4 saturated heterocycles. The van der Waals surface area contributed by atoms with Crippen LogP contribution in [0.15, 0.2) is 0 Å². The van der Waals surface area contributed by atoms with E-state index in [9.17, 15) is 0 Å². The van der Waals surface area contributed by atoms with Crippen LogP contribution in [0.5, 0.6) is 0 Å². The first kappa shape index (κ1) is 13.5. The quantitative estimate of drug-likeness (QED) is 0.631. The molecule has 0 aliphatic carbocycles. The van der Waals surface area contributed by atoms with Crippen molar-refractivity contribution in [1.82, 2.24) is 9.80 Å². The number of fused-ring (bicyclic) bond motifs is 6. The SMILES string of the molecule is C[C@@]12CCCCN1C[C@@H]1C[C@H]2CN2C(=S)CCC[C@]12C. The Bertz CT molecular complexity index is 437. The fraction of sp³-hybridized carbons (Fsp3) is 0.941. The second kappa shape index (κ2) is 4.42. The Labute approximate surface area is 128 Å². The summed E-state index contributed by atoms with van der Waals surface area (Å²) < 4.78 is 0. The molecule has 0 amide bonds. The van der Waals surface area contributed by atoms with E-state index in [0.29, 0.717) is 11.1 Å². The molecule has 112 valence electrons. The Morgan fingerprint density at radius 1 is 1.00 bits per heavy atom. The highest BCUT2D eigenvalue weighted by atomic mass is 32.1. The number of rotatable bonds is 0. The lowest BCUT2D eigenvalue weighted by molar-refractivity contribution is -0.124. The van der Waals surface area contributed by atoms with E-state index in [1.54, 1.807) is 0 Å². The van der Waals surface area contributed by atoms with Crippen LogP contribution in [0, 0.1) is 11.8 Å². The second-order valence-corrected chi connectivity index (χ2v) is 8.58. The van der Waals surface area contributed by atoms with Gasteiger partial charge < -0.3 is 4.90 Å². The first-order valence-corrected chi connectivity index (χ1v) is 9.00. The van der Waals surface area contributed by atoms with E-state index in [-0.39, 0.29) is 0 Å². The van der Waals surface area contributed by atoms with Gasteiger partial charge in [-0.2, -0.15) is 0 Å². The molecule has 0 saturated carbocycles. The molecule has 2 nitrogen and oxygen atoms in total. The van der Waals surface area contributed by atoms with Gasteiger partial charge in [0.2, 0.25) is 0 Å². The summed E-state index contributed by atoms with van der Waals surface area (Å²) in [6, 6.07) is 0. The average Bonchev–Trinajstić information content (AvgIpc) is 2.42. The third-order valence-corrected chi connectivity index (χ3v) is 7.67. The van der Waals surface area contributed by atoms with E-state index in [4.69, 9.17) is 12.2 Å². The molecule has 4 aliphatic rings. The average molecular weight is 292 g/mol. The summed E-state index contributed by atoms with van der Waals surface area (Å²) in [6.07, 6.45) is 9.51. The van der Waals surface area contributed by atoms with Crippen LogP contribution in [-0.4, -0.2) is 45.5 Å². The summed E-state index contributed by atoms with van der Waals surface area (Å²) in [5.41, 5.74) is 0.827. The third-order valence-electron chi connectivity index (χ3n) is 7.25. The lowest BCUT2D eigenvalue weighted by Gasteiger charge is -2.66. The maximum absolute atomic E-state index is 5.75. The molecule has 4 fully saturated rings. The number of hydrogen-bond acceptors (Lipinski definition) is 2. The van der Waals surface area contributed by atoms with Gasteiger partial charge in [0, 0.05) is 24.2 Å². The molecule has 0 aromatic carbocycles. The molecule has 20 heavy (non-hydrogen) atoms. The van der Waals surface area contributed by atoms with Gasteiger partial charge in [-0.25, -0.2) is 0 Å². The number of hydrogen-bond donors (Lipinski definition) is 0. The van der Waals surface area contributed by atoms with Crippen molar-refractivity contribution in [3.63, 3.8) is 0 Å². The molecule has 4 atom stereocenters. The fourth-order valence-corrected chi connectivity index (χ4v) is 6.16. The molecule has 0 aromatic heterocycles. The molecule has 0 N–H and O–H groups in total. The van der Waals surface area contributed by atoms with Crippen LogP contribution >= 0.6 is 12.2 Å². The Kier molecular flexibility index (Phi) is 2.99. The van der Waals surface area contributed by atoms with E-state index < -0.39 is 0 Å². The number of piperidine rings is 4. The normalized spacial score (nSPS) is 48.7. The summed E-state index contributed by atoms with van der Waals surface area (Å²) >= 11 is 5.75. The van der Waals surface area contributed by atoms with E-state index in [1.807, 2.05) is 0 Å². The molecule has 3 heteroatoms. The minimum atomic E-state index is 0.366. The lowest BCUT2D eigenvalue weighted by Crippen LogP contribution is -2.72. The zero-order chi connectivity index (χ0) is 14.0. The molecule has 0 radical (unpaired) electrons. The highest BCUT2D eigenvalue weighted by Crippen LogP contribution is 2.52. The van der Waals surface area contributed by atoms with Crippen molar-refractivity contribution >= 4 is 17.2 Å². The molecule has 0 unspecified atom stereocenters. The van der Waals surface area contributed by atoms with Crippen molar-refractivity contribution in [2.45, 2.75) is 69.9 Å². The molecule has 2 bridgehead atoms. The molecule has 0 spiro atoms. The minimum absolute atomic E-state index is 0.366. The Balaban J connectivity index is 1.69. The molecule has 4 aliphatic heterocycles. The highest BCUT2D eigenvalue weighted by molar-refractivity contribution is 7.80. The number of thiocarbonyl (C=S) groups is 1. The monoisotopic (exact) mass is 292 g/mol. The number of nitrogens with zero attached hydrogens (tertiary/aromatic N) is 2. The van der Waals surface area contributed by atoms with Crippen LogP contribution in [0.2, 0.25) is 0 Å². The Hall–Kier alpha value is -0.150. The van der Waals surface area contributed by atoms with Crippen LogP contribution in [0.4, 0.5) is 0 Å². The second-order valence-electron chi connectivity index (χ2n) is 8.10. The summed E-state index contributed by atoms with van der Waals surface area (Å²) in [5, 5.41) is 0. The van der Waals surface area contributed by atoms with Crippen molar-refractivity contribution < 1.29 is 0 Å². The summed E-state index contributed by atoms with van der Waals surface area (Å²) in [4.78, 5) is 6.79. The van der Waals surface area contributed by atoms with Crippen molar-refractivity contribution in [1.29, 1.82) is 0 Å². The van der Waals surface area contributed by atoms with Gasteiger partial charge in [-0.05, 0) is 70.8 Å². The van der Waals surface area contributed by atoms with Gasteiger partial charge >= 0.3 is 0 Å².